The molecular weight excluding hydrogens is 204 g/mol. The van der Waals surface area contributed by atoms with Crippen LogP contribution in [0.1, 0.15) is 34.8 Å². The molecule has 16 heavy (non-hydrogen) atoms. The number of carboxylic acids is 1. The van der Waals surface area contributed by atoms with Crippen LogP contribution in [0.25, 0.3) is 0 Å². The summed E-state index contributed by atoms with van der Waals surface area (Å²) in [7, 11) is 0. The molecule has 0 bridgehead atoms. The van der Waals surface area contributed by atoms with Gasteiger partial charge in [-0.3, -0.25) is 4.99 Å². The Balaban J connectivity index is 3.44. The lowest BCUT2D eigenvalue weighted by Crippen LogP contribution is -1.99. The van der Waals surface area contributed by atoms with Gasteiger partial charge in [-0.25, -0.2) is 4.79 Å². The third-order valence-corrected chi connectivity index (χ3v) is 2.18. The maximum absolute atomic E-state index is 11.0. The standard InChI is InChI=1S/C12H12N2O2/c1-3-6-14-11-8(2)9(7-13)4-5-10(11)12(15)16/h4-6H,3H2,1-2H3,(H,15,16). The summed E-state index contributed by atoms with van der Waals surface area (Å²) in [5.74, 6) is -1.03. The molecule has 0 fully saturated rings. The molecule has 1 N–H and O–H groups in total. The van der Waals surface area contributed by atoms with Crippen LogP contribution in [0, 0.1) is 18.3 Å². The SMILES string of the molecule is CCC=Nc1c(C(=O)O)ccc(C#N)c1C. The van der Waals surface area contributed by atoms with Crippen LogP contribution in [0.15, 0.2) is 17.1 Å². The summed E-state index contributed by atoms with van der Waals surface area (Å²) in [4.78, 5) is 15.1. The van der Waals surface area contributed by atoms with Crippen LogP contribution in [-0.2, 0) is 0 Å². The predicted octanol–water partition coefficient (Wildman–Crippen LogP) is 2.68. The van der Waals surface area contributed by atoms with Gasteiger partial charge in [0.2, 0.25) is 0 Å². The Kier molecular flexibility index (Phi) is 3.78. The summed E-state index contributed by atoms with van der Waals surface area (Å²) in [6.45, 7) is 3.61. The Morgan fingerprint density at radius 2 is 2.31 bits per heavy atom. The van der Waals surface area contributed by atoms with Crippen molar-refractivity contribution >= 4 is 17.9 Å². The van der Waals surface area contributed by atoms with Crippen LogP contribution in [-0.4, -0.2) is 17.3 Å². The van der Waals surface area contributed by atoms with E-state index in [0.29, 0.717) is 16.8 Å². The third-order valence-electron chi connectivity index (χ3n) is 2.18. The molecule has 0 aromatic heterocycles. The molecule has 82 valence electrons. The summed E-state index contributed by atoms with van der Waals surface area (Å²) in [6, 6.07) is 4.93. The molecule has 0 radical (unpaired) electrons. The first kappa shape index (κ1) is 11.9. The molecule has 0 spiro atoms. The summed E-state index contributed by atoms with van der Waals surface area (Å²) < 4.78 is 0. The molecule has 0 saturated carbocycles. The molecule has 0 amide bonds. The van der Waals surface area contributed by atoms with Crippen molar-refractivity contribution < 1.29 is 9.90 Å². The molecule has 0 aliphatic rings. The number of hydrogen-bond donors (Lipinski definition) is 1. The van der Waals surface area contributed by atoms with Crippen molar-refractivity contribution in [3.63, 3.8) is 0 Å². The van der Waals surface area contributed by atoms with Gasteiger partial charge >= 0.3 is 5.97 Å². The van der Waals surface area contributed by atoms with E-state index in [-0.39, 0.29) is 5.56 Å². The third kappa shape index (κ3) is 2.26. The van der Waals surface area contributed by atoms with Crippen molar-refractivity contribution in [2.24, 2.45) is 4.99 Å². The highest BCUT2D eigenvalue weighted by Crippen LogP contribution is 2.26. The number of rotatable bonds is 3. The zero-order valence-electron chi connectivity index (χ0n) is 9.19. The normalized spacial score (nSPS) is 10.3. The average molecular weight is 216 g/mol. The van der Waals surface area contributed by atoms with Crippen molar-refractivity contribution in [3.05, 3.63) is 28.8 Å². The predicted molar refractivity (Wildman–Crippen MR) is 61.3 cm³/mol. The fourth-order valence-electron chi connectivity index (χ4n) is 1.34. The number of carbonyl (C=O) groups is 1. The molecule has 0 saturated heterocycles. The van der Waals surface area contributed by atoms with E-state index in [1.165, 1.54) is 12.1 Å². The monoisotopic (exact) mass is 216 g/mol. The van der Waals surface area contributed by atoms with E-state index in [0.717, 1.165) is 6.42 Å². The zero-order valence-corrected chi connectivity index (χ0v) is 9.19. The van der Waals surface area contributed by atoms with Crippen molar-refractivity contribution in [2.75, 3.05) is 0 Å². The van der Waals surface area contributed by atoms with Gasteiger partial charge in [-0.2, -0.15) is 5.26 Å². The van der Waals surface area contributed by atoms with Crippen LogP contribution >= 0.6 is 0 Å². The van der Waals surface area contributed by atoms with E-state index in [1.54, 1.807) is 13.1 Å². The van der Waals surface area contributed by atoms with E-state index in [1.807, 2.05) is 13.0 Å². The quantitative estimate of drug-likeness (QED) is 0.789. The summed E-state index contributed by atoms with van der Waals surface area (Å²) in [6.07, 6.45) is 2.35. The van der Waals surface area contributed by atoms with Crippen LogP contribution in [0.3, 0.4) is 0 Å². The minimum atomic E-state index is -1.03. The summed E-state index contributed by atoms with van der Waals surface area (Å²) in [5.41, 5.74) is 1.55. The first-order valence-electron chi connectivity index (χ1n) is 4.91. The van der Waals surface area contributed by atoms with E-state index in [4.69, 9.17) is 10.4 Å². The Morgan fingerprint density at radius 3 is 2.81 bits per heavy atom. The van der Waals surface area contributed by atoms with Gasteiger partial charge in [-0.15, -0.1) is 0 Å². The van der Waals surface area contributed by atoms with Gasteiger partial charge in [0.15, 0.2) is 0 Å². The Labute approximate surface area is 93.9 Å². The largest absolute Gasteiger partial charge is 0.478 e. The minimum absolute atomic E-state index is 0.126. The van der Waals surface area contributed by atoms with Gasteiger partial charge in [0.05, 0.1) is 22.9 Å². The first-order valence-corrected chi connectivity index (χ1v) is 4.91. The molecule has 1 rings (SSSR count). The van der Waals surface area contributed by atoms with E-state index < -0.39 is 5.97 Å². The van der Waals surface area contributed by atoms with E-state index in [9.17, 15) is 4.79 Å². The van der Waals surface area contributed by atoms with Crippen molar-refractivity contribution in [1.29, 1.82) is 5.26 Å². The van der Waals surface area contributed by atoms with Crippen molar-refractivity contribution in [1.82, 2.24) is 0 Å². The highest BCUT2D eigenvalue weighted by Gasteiger charge is 2.13. The second-order valence-electron chi connectivity index (χ2n) is 3.27. The van der Waals surface area contributed by atoms with Crippen LogP contribution in [0.4, 0.5) is 5.69 Å². The average Bonchev–Trinajstić information content (AvgIpc) is 2.26. The maximum Gasteiger partial charge on any atom is 0.337 e. The van der Waals surface area contributed by atoms with Crippen LogP contribution in [0.5, 0.6) is 0 Å². The molecule has 0 unspecified atom stereocenters. The topological polar surface area (TPSA) is 73.4 Å². The fraction of sp³-hybridized carbons (Fsp3) is 0.250. The number of hydrogen-bond acceptors (Lipinski definition) is 3. The lowest BCUT2D eigenvalue weighted by atomic mass is 10.0. The lowest BCUT2D eigenvalue weighted by molar-refractivity contribution is 0.0698. The van der Waals surface area contributed by atoms with Gasteiger partial charge in [-0.1, -0.05) is 6.92 Å². The molecule has 1 aromatic carbocycles. The number of benzene rings is 1. The summed E-state index contributed by atoms with van der Waals surface area (Å²) in [5, 5.41) is 17.8. The minimum Gasteiger partial charge on any atom is -0.478 e. The highest BCUT2D eigenvalue weighted by atomic mass is 16.4. The van der Waals surface area contributed by atoms with Crippen LogP contribution < -0.4 is 0 Å². The fourth-order valence-corrected chi connectivity index (χ4v) is 1.34. The van der Waals surface area contributed by atoms with Gasteiger partial charge in [-0.05, 0) is 31.0 Å². The smallest absolute Gasteiger partial charge is 0.337 e. The highest BCUT2D eigenvalue weighted by molar-refractivity contribution is 5.95. The van der Waals surface area contributed by atoms with Gasteiger partial charge < -0.3 is 5.11 Å². The lowest BCUT2D eigenvalue weighted by Gasteiger charge is -2.06. The zero-order chi connectivity index (χ0) is 12.1. The molecule has 1 aromatic rings. The van der Waals surface area contributed by atoms with Gasteiger partial charge in [0.1, 0.15) is 0 Å². The Hall–Kier alpha value is -2.15. The second kappa shape index (κ2) is 5.08. The number of aliphatic imine (C=N–C) groups is 1. The summed E-state index contributed by atoms with van der Waals surface area (Å²) >= 11 is 0. The molecule has 0 heterocycles. The maximum atomic E-state index is 11.0. The molecular formula is C12H12N2O2. The number of nitriles is 1. The van der Waals surface area contributed by atoms with Crippen molar-refractivity contribution in [3.8, 4) is 6.07 Å². The van der Waals surface area contributed by atoms with E-state index in [2.05, 4.69) is 4.99 Å². The molecule has 0 atom stereocenters. The number of aromatic carboxylic acids is 1. The number of carboxylic acid groups (broad SMARTS) is 1. The first-order chi connectivity index (χ1) is 7.61. The second-order valence-corrected chi connectivity index (χ2v) is 3.27. The van der Waals surface area contributed by atoms with E-state index >= 15 is 0 Å². The Morgan fingerprint density at radius 1 is 1.62 bits per heavy atom. The van der Waals surface area contributed by atoms with Gasteiger partial charge in [0, 0.05) is 6.21 Å². The molecule has 4 nitrogen and oxygen atoms in total. The molecule has 0 aliphatic carbocycles. The molecule has 4 heteroatoms. The number of nitrogens with zero attached hydrogens (tertiary/aromatic N) is 2. The van der Waals surface area contributed by atoms with Crippen molar-refractivity contribution in [2.45, 2.75) is 20.3 Å². The Bertz CT molecular complexity index is 485. The van der Waals surface area contributed by atoms with Crippen LogP contribution in [0.2, 0.25) is 0 Å². The molecule has 0 aliphatic heterocycles. The van der Waals surface area contributed by atoms with Gasteiger partial charge in [0.25, 0.3) is 0 Å².